The Morgan fingerprint density at radius 2 is 2.13 bits per heavy atom. The van der Waals surface area contributed by atoms with E-state index in [4.69, 9.17) is 10.2 Å². The first-order chi connectivity index (χ1) is 7.04. The molecule has 0 aliphatic heterocycles. The summed E-state index contributed by atoms with van der Waals surface area (Å²) in [7, 11) is 0. The second-order valence-electron chi connectivity index (χ2n) is 2.57. The number of carbonyl (C=O) groups excluding carboxylic acids is 1. The molecule has 0 spiro atoms. The van der Waals surface area contributed by atoms with Crippen molar-refractivity contribution in [3.63, 3.8) is 0 Å². The normalized spacial score (nSPS) is 8.87. The number of aldehydes is 1. The molecule has 0 saturated carbocycles. The molecule has 0 saturated heterocycles. The van der Waals surface area contributed by atoms with Gasteiger partial charge in [-0.25, -0.2) is 9.18 Å². The molecule has 0 amide bonds. The zero-order valence-corrected chi connectivity index (χ0v) is 7.32. The molecule has 0 aliphatic carbocycles. The van der Waals surface area contributed by atoms with E-state index in [2.05, 4.69) is 5.92 Å². The molecule has 1 rings (SSSR count). The van der Waals surface area contributed by atoms with Gasteiger partial charge in [-0.15, -0.1) is 0 Å². The van der Waals surface area contributed by atoms with Crippen LogP contribution >= 0.6 is 0 Å². The van der Waals surface area contributed by atoms with Crippen LogP contribution in [-0.4, -0.2) is 22.5 Å². The SMILES string of the molecule is O=Cc1cc(C#CC(=O)O)cc(F)c1O. The van der Waals surface area contributed by atoms with Gasteiger partial charge in [-0.3, -0.25) is 4.79 Å². The summed E-state index contributed by atoms with van der Waals surface area (Å²) in [6, 6.07) is 1.94. The maximum absolute atomic E-state index is 12.9. The Bertz CT molecular complexity index is 482. The van der Waals surface area contributed by atoms with Gasteiger partial charge < -0.3 is 10.2 Å². The van der Waals surface area contributed by atoms with Crippen molar-refractivity contribution in [2.24, 2.45) is 0 Å². The molecule has 0 aromatic heterocycles. The first-order valence-corrected chi connectivity index (χ1v) is 3.77. The van der Waals surface area contributed by atoms with Crippen LogP contribution in [0.1, 0.15) is 15.9 Å². The van der Waals surface area contributed by atoms with Crippen LogP contribution in [-0.2, 0) is 4.79 Å². The Hall–Kier alpha value is -2.35. The number of aliphatic carboxylic acids is 1. The van der Waals surface area contributed by atoms with Crippen molar-refractivity contribution in [1.29, 1.82) is 0 Å². The number of benzene rings is 1. The van der Waals surface area contributed by atoms with E-state index in [-0.39, 0.29) is 17.4 Å². The largest absolute Gasteiger partial charge is 0.504 e. The molecule has 0 radical (unpaired) electrons. The molecule has 15 heavy (non-hydrogen) atoms. The zero-order chi connectivity index (χ0) is 11.4. The number of hydrogen-bond acceptors (Lipinski definition) is 3. The fourth-order valence-electron chi connectivity index (χ4n) is 0.908. The topological polar surface area (TPSA) is 74.6 Å². The summed E-state index contributed by atoms with van der Waals surface area (Å²) in [6.45, 7) is 0. The third-order valence-corrected chi connectivity index (χ3v) is 1.53. The second kappa shape index (κ2) is 4.24. The zero-order valence-electron chi connectivity index (χ0n) is 7.32. The van der Waals surface area contributed by atoms with Gasteiger partial charge in [0.25, 0.3) is 0 Å². The highest BCUT2D eigenvalue weighted by Gasteiger charge is 2.07. The van der Waals surface area contributed by atoms with Crippen molar-refractivity contribution in [3.8, 4) is 17.6 Å². The average molecular weight is 208 g/mol. The van der Waals surface area contributed by atoms with Gasteiger partial charge in [-0.05, 0) is 12.1 Å². The number of rotatable bonds is 1. The summed E-state index contributed by atoms with van der Waals surface area (Å²) >= 11 is 0. The number of carboxylic acids is 1. The van der Waals surface area contributed by atoms with Crippen LogP contribution in [0.2, 0.25) is 0 Å². The molecule has 0 atom stereocenters. The summed E-state index contributed by atoms with van der Waals surface area (Å²) in [5.74, 6) is 0.733. The van der Waals surface area contributed by atoms with E-state index in [1.165, 1.54) is 0 Å². The van der Waals surface area contributed by atoms with Crippen molar-refractivity contribution >= 4 is 12.3 Å². The number of phenols is 1. The number of phenolic OH excluding ortho intramolecular Hbond substituents is 1. The van der Waals surface area contributed by atoms with Crippen LogP contribution in [0.15, 0.2) is 12.1 Å². The summed E-state index contributed by atoms with van der Waals surface area (Å²) < 4.78 is 12.9. The number of hydrogen-bond donors (Lipinski definition) is 2. The van der Waals surface area contributed by atoms with Gasteiger partial charge in [-0.1, -0.05) is 5.92 Å². The fraction of sp³-hybridized carbons (Fsp3) is 0. The molecule has 0 fully saturated rings. The average Bonchev–Trinajstić information content (AvgIpc) is 2.19. The summed E-state index contributed by atoms with van der Waals surface area (Å²) in [5, 5.41) is 17.3. The highest BCUT2D eigenvalue weighted by Crippen LogP contribution is 2.21. The number of halogens is 1. The van der Waals surface area contributed by atoms with Crippen LogP contribution in [0.5, 0.6) is 5.75 Å². The molecule has 1 aromatic carbocycles. The fourth-order valence-corrected chi connectivity index (χ4v) is 0.908. The summed E-state index contributed by atoms with van der Waals surface area (Å²) in [5.41, 5.74) is -0.264. The molecule has 5 heteroatoms. The van der Waals surface area contributed by atoms with E-state index in [0.29, 0.717) is 0 Å². The smallest absolute Gasteiger partial charge is 0.382 e. The minimum atomic E-state index is -1.36. The monoisotopic (exact) mass is 208 g/mol. The second-order valence-corrected chi connectivity index (χ2v) is 2.57. The maximum atomic E-state index is 12.9. The van der Waals surface area contributed by atoms with Crippen LogP contribution in [0.4, 0.5) is 4.39 Å². The lowest BCUT2D eigenvalue weighted by molar-refractivity contribution is -0.130. The standard InChI is InChI=1S/C10H5FO4/c11-8-4-6(1-2-9(13)14)3-7(5-12)10(8)15/h3-5,15H,(H,13,14). The van der Waals surface area contributed by atoms with Gasteiger partial charge in [0.2, 0.25) is 0 Å². The molecule has 1 aromatic rings. The number of carbonyl (C=O) groups is 2. The molecular formula is C10H5FO4. The van der Waals surface area contributed by atoms with E-state index in [9.17, 15) is 14.0 Å². The van der Waals surface area contributed by atoms with Gasteiger partial charge in [0.05, 0.1) is 5.56 Å². The van der Waals surface area contributed by atoms with E-state index in [1.807, 2.05) is 0 Å². The molecule has 0 unspecified atom stereocenters. The van der Waals surface area contributed by atoms with Crippen LogP contribution in [0.3, 0.4) is 0 Å². The Kier molecular flexibility index (Phi) is 3.03. The Balaban J connectivity index is 3.24. The third-order valence-electron chi connectivity index (χ3n) is 1.53. The van der Waals surface area contributed by atoms with Gasteiger partial charge in [-0.2, -0.15) is 0 Å². The first kappa shape index (κ1) is 10.7. The van der Waals surface area contributed by atoms with Crippen molar-refractivity contribution < 1.29 is 24.2 Å². The quantitative estimate of drug-likeness (QED) is 0.528. The molecule has 2 N–H and O–H groups in total. The predicted octanol–water partition coefficient (Wildman–Crippen LogP) is 0.780. The molecule has 4 nitrogen and oxygen atoms in total. The van der Waals surface area contributed by atoms with Crippen LogP contribution < -0.4 is 0 Å². The summed E-state index contributed by atoms with van der Waals surface area (Å²) in [4.78, 5) is 20.5. The van der Waals surface area contributed by atoms with Crippen molar-refractivity contribution in [3.05, 3.63) is 29.1 Å². The molecular weight excluding hydrogens is 203 g/mol. The van der Waals surface area contributed by atoms with Gasteiger partial charge in [0.1, 0.15) is 0 Å². The molecule has 0 aliphatic rings. The highest BCUT2D eigenvalue weighted by molar-refractivity contribution is 5.87. The summed E-state index contributed by atoms with van der Waals surface area (Å²) in [6.07, 6.45) is 0.254. The number of aromatic hydroxyl groups is 1. The minimum absolute atomic E-state index is 0.00907. The van der Waals surface area contributed by atoms with Gasteiger partial charge >= 0.3 is 5.97 Å². The Morgan fingerprint density at radius 3 is 2.67 bits per heavy atom. The maximum Gasteiger partial charge on any atom is 0.382 e. The molecule has 76 valence electrons. The predicted molar refractivity (Wildman–Crippen MR) is 48.0 cm³/mol. The number of carboxylic acid groups (broad SMARTS) is 1. The van der Waals surface area contributed by atoms with Gasteiger partial charge in [0.15, 0.2) is 17.9 Å². The van der Waals surface area contributed by atoms with E-state index >= 15 is 0 Å². The first-order valence-electron chi connectivity index (χ1n) is 3.77. The van der Waals surface area contributed by atoms with Crippen molar-refractivity contribution in [2.75, 3.05) is 0 Å². The van der Waals surface area contributed by atoms with Crippen molar-refractivity contribution in [1.82, 2.24) is 0 Å². The lowest BCUT2D eigenvalue weighted by atomic mass is 10.1. The minimum Gasteiger partial charge on any atom is -0.504 e. The van der Waals surface area contributed by atoms with Crippen molar-refractivity contribution in [2.45, 2.75) is 0 Å². The van der Waals surface area contributed by atoms with E-state index < -0.39 is 17.5 Å². The Labute approximate surface area is 84.0 Å². The lowest BCUT2D eigenvalue weighted by Crippen LogP contribution is -1.91. The third kappa shape index (κ3) is 2.54. The lowest BCUT2D eigenvalue weighted by Gasteiger charge is -1.99. The highest BCUT2D eigenvalue weighted by atomic mass is 19.1. The molecule has 0 heterocycles. The van der Waals surface area contributed by atoms with E-state index in [1.54, 1.807) is 5.92 Å². The van der Waals surface area contributed by atoms with Gasteiger partial charge in [0, 0.05) is 11.5 Å². The van der Waals surface area contributed by atoms with E-state index in [0.717, 1.165) is 12.1 Å². The van der Waals surface area contributed by atoms with Crippen LogP contribution in [0.25, 0.3) is 0 Å². The van der Waals surface area contributed by atoms with Crippen LogP contribution in [0, 0.1) is 17.7 Å². The molecule has 0 bridgehead atoms. The Morgan fingerprint density at radius 1 is 1.47 bits per heavy atom.